The topological polar surface area (TPSA) is 74.7 Å². The summed E-state index contributed by atoms with van der Waals surface area (Å²) in [6, 6.07) is 2.68. The van der Waals surface area contributed by atoms with E-state index in [4.69, 9.17) is 11.0 Å². The molecule has 0 bridgehead atoms. The van der Waals surface area contributed by atoms with Crippen LogP contribution in [0.4, 0.5) is 10.8 Å². The second kappa shape index (κ2) is 3.63. The SMILES string of the molecule is N#Cc1c(N)nsc1NC(C1CC1)C1CC1. The Morgan fingerprint density at radius 2 is 2.00 bits per heavy atom. The van der Waals surface area contributed by atoms with E-state index in [1.165, 1.54) is 37.2 Å². The smallest absolute Gasteiger partial charge is 0.157 e. The summed E-state index contributed by atoms with van der Waals surface area (Å²) in [5, 5.41) is 13.4. The molecule has 3 N–H and O–H groups in total. The first-order valence-electron chi connectivity index (χ1n) is 5.71. The molecule has 1 heterocycles. The fourth-order valence-electron chi connectivity index (χ4n) is 2.19. The minimum Gasteiger partial charge on any atom is -0.382 e. The normalized spacial score (nSPS) is 19.8. The van der Waals surface area contributed by atoms with E-state index < -0.39 is 0 Å². The molecule has 2 aliphatic rings. The average Bonchev–Trinajstić information content (AvgIpc) is 3.14. The lowest BCUT2D eigenvalue weighted by atomic mass is 10.1. The molecule has 0 atom stereocenters. The van der Waals surface area contributed by atoms with Gasteiger partial charge in [-0.05, 0) is 49.1 Å². The van der Waals surface area contributed by atoms with Crippen LogP contribution in [0.15, 0.2) is 0 Å². The van der Waals surface area contributed by atoms with E-state index in [9.17, 15) is 0 Å². The third-order valence-corrected chi connectivity index (χ3v) is 4.18. The molecule has 2 saturated carbocycles. The summed E-state index contributed by atoms with van der Waals surface area (Å²) in [7, 11) is 0. The van der Waals surface area contributed by atoms with Crippen molar-refractivity contribution in [1.29, 1.82) is 5.26 Å². The molecule has 2 aliphatic carbocycles. The first kappa shape index (κ1) is 9.91. The third-order valence-electron chi connectivity index (χ3n) is 3.39. The molecule has 0 amide bonds. The molecular formula is C11H14N4S. The molecule has 84 valence electrons. The standard InChI is InChI=1S/C11H14N4S/c12-5-8-10(13)15-16-11(8)14-9(6-1-2-6)7-3-4-7/h6-7,9,14H,1-4H2,(H2,13,15). The predicted molar refractivity (Wildman–Crippen MR) is 64.1 cm³/mol. The number of nitrogens with zero attached hydrogens (tertiary/aromatic N) is 2. The van der Waals surface area contributed by atoms with Crippen molar-refractivity contribution in [2.45, 2.75) is 31.7 Å². The highest BCUT2D eigenvalue weighted by atomic mass is 32.1. The number of nitrogens with one attached hydrogen (secondary N) is 1. The Bertz CT molecular complexity index is 427. The predicted octanol–water partition coefficient (Wildman–Crippen LogP) is 2.20. The zero-order chi connectivity index (χ0) is 11.1. The van der Waals surface area contributed by atoms with E-state index in [0.717, 1.165) is 16.8 Å². The Morgan fingerprint density at radius 3 is 2.50 bits per heavy atom. The number of nitrogen functional groups attached to an aromatic ring is 1. The minimum absolute atomic E-state index is 0.361. The minimum atomic E-state index is 0.361. The molecule has 0 aliphatic heterocycles. The number of nitrogens with two attached hydrogens (primary N) is 1. The van der Waals surface area contributed by atoms with Crippen molar-refractivity contribution in [2.75, 3.05) is 11.1 Å². The zero-order valence-electron chi connectivity index (χ0n) is 8.94. The maximum absolute atomic E-state index is 9.01. The van der Waals surface area contributed by atoms with Gasteiger partial charge in [-0.1, -0.05) is 0 Å². The summed E-state index contributed by atoms with van der Waals surface area (Å²) in [4.78, 5) is 0. The van der Waals surface area contributed by atoms with Crippen molar-refractivity contribution >= 4 is 22.4 Å². The average molecular weight is 234 g/mol. The van der Waals surface area contributed by atoms with E-state index in [1.807, 2.05) is 0 Å². The summed E-state index contributed by atoms with van der Waals surface area (Å²) in [6.07, 6.45) is 5.29. The highest BCUT2D eigenvalue weighted by Crippen LogP contribution is 2.46. The second-order valence-corrected chi connectivity index (χ2v) is 5.50. The lowest BCUT2D eigenvalue weighted by molar-refractivity contribution is 0.569. The van der Waals surface area contributed by atoms with Gasteiger partial charge in [0.1, 0.15) is 16.6 Å². The van der Waals surface area contributed by atoms with Gasteiger partial charge in [-0.2, -0.15) is 9.64 Å². The highest BCUT2D eigenvalue weighted by Gasteiger charge is 2.41. The van der Waals surface area contributed by atoms with Crippen molar-refractivity contribution in [1.82, 2.24) is 4.37 Å². The van der Waals surface area contributed by atoms with Gasteiger partial charge in [-0.25, -0.2) is 0 Å². The third kappa shape index (κ3) is 1.74. The molecule has 4 nitrogen and oxygen atoms in total. The van der Waals surface area contributed by atoms with Crippen LogP contribution in [0.5, 0.6) is 0 Å². The first-order valence-corrected chi connectivity index (χ1v) is 6.48. The van der Waals surface area contributed by atoms with Gasteiger partial charge in [0, 0.05) is 6.04 Å². The number of nitriles is 1. The fraction of sp³-hybridized carbons (Fsp3) is 0.636. The zero-order valence-corrected chi connectivity index (χ0v) is 9.76. The molecular weight excluding hydrogens is 220 g/mol. The monoisotopic (exact) mass is 234 g/mol. The summed E-state index contributed by atoms with van der Waals surface area (Å²) >= 11 is 1.31. The molecule has 0 saturated heterocycles. The summed E-state index contributed by atoms with van der Waals surface area (Å²) in [5.41, 5.74) is 6.17. The molecule has 0 radical (unpaired) electrons. The fourth-order valence-corrected chi connectivity index (χ4v) is 2.90. The van der Waals surface area contributed by atoms with Gasteiger partial charge >= 0.3 is 0 Å². The Kier molecular flexibility index (Phi) is 2.25. The van der Waals surface area contributed by atoms with Gasteiger partial charge in [-0.3, -0.25) is 0 Å². The highest BCUT2D eigenvalue weighted by molar-refractivity contribution is 7.10. The van der Waals surface area contributed by atoms with E-state index in [-0.39, 0.29) is 0 Å². The summed E-state index contributed by atoms with van der Waals surface area (Å²) < 4.78 is 4.03. The van der Waals surface area contributed by atoms with E-state index in [1.54, 1.807) is 0 Å². The summed E-state index contributed by atoms with van der Waals surface area (Å²) in [5.74, 6) is 1.98. The lowest BCUT2D eigenvalue weighted by Gasteiger charge is -2.17. The van der Waals surface area contributed by atoms with Crippen molar-refractivity contribution in [3.05, 3.63) is 5.56 Å². The number of anilines is 2. The van der Waals surface area contributed by atoms with E-state index in [2.05, 4.69) is 15.8 Å². The Labute approximate surface area is 98.6 Å². The van der Waals surface area contributed by atoms with E-state index in [0.29, 0.717) is 17.4 Å². The molecule has 0 aromatic carbocycles. The van der Waals surface area contributed by atoms with Crippen LogP contribution >= 0.6 is 11.5 Å². The number of rotatable bonds is 4. The van der Waals surface area contributed by atoms with Crippen LogP contribution < -0.4 is 11.1 Å². The molecule has 1 aromatic rings. The first-order chi connectivity index (χ1) is 7.79. The van der Waals surface area contributed by atoms with Gasteiger partial charge in [-0.15, -0.1) is 0 Å². The van der Waals surface area contributed by atoms with Crippen LogP contribution in [0, 0.1) is 23.2 Å². The Hall–Kier alpha value is -1.28. The number of aromatic nitrogens is 1. The Balaban J connectivity index is 1.79. The van der Waals surface area contributed by atoms with Crippen LogP contribution in [0.3, 0.4) is 0 Å². The molecule has 0 unspecified atom stereocenters. The van der Waals surface area contributed by atoms with Crippen molar-refractivity contribution in [2.24, 2.45) is 11.8 Å². The Morgan fingerprint density at radius 1 is 1.38 bits per heavy atom. The molecule has 1 aromatic heterocycles. The molecule has 16 heavy (non-hydrogen) atoms. The van der Waals surface area contributed by atoms with Crippen LogP contribution in [0.1, 0.15) is 31.2 Å². The number of hydrogen-bond donors (Lipinski definition) is 2. The van der Waals surface area contributed by atoms with Crippen molar-refractivity contribution in [3.63, 3.8) is 0 Å². The van der Waals surface area contributed by atoms with Crippen molar-refractivity contribution in [3.8, 4) is 6.07 Å². The van der Waals surface area contributed by atoms with Gasteiger partial charge in [0.25, 0.3) is 0 Å². The van der Waals surface area contributed by atoms with Crippen molar-refractivity contribution < 1.29 is 0 Å². The van der Waals surface area contributed by atoms with Gasteiger partial charge < -0.3 is 11.1 Å². The van der Waals surface area contributed by atoms with Crippen LogP contribution in [0.2, 0.25) is 0 Å². The second-order valence-electron chi connectivity index (χ2n) is 4.73. The maximum Gasteiger partial charge on any atom is 0.157 e. The quantitative estimate of drug-likeness (QED) is 0.837. The number of hydrogen-bond acceptors (Lipinski definition) is 5. The molecule has 5 heteroatoms. The van der Waals surface area contributed by atoms with Crippen LogP contribution in [0.25, 0.3) is 0 Å². The van der Waals surface area contributed by atoms with Crippen LogP contribution in [-0.2, 0) is 0 Å². The molecule has 3 rings (SSSR count). The van der Waals surface area contributed by atoms with Crippen LogP contribution in [-0.4, -0.2) is 10.4 Å². The maximum atomic E-state index is 9.01. The lowest BCUT2D eigenvalue weighted by Crippen LogP contribution is -2.24. The van der Waals surface area contributed by atoms with Gasteiger partial charge in [0.15, 0.2) is 5.82 Å². The van der Waals surface area contributed by atoms with Gasteiger partial charge in [0.05, 0.1) is 0 Å². The molecule has 2 fully saturated rings. The largest absolute Gasteiger partial charge is 0.382 e. The van der Waals surface area contributed by atoms with E-state index >= 15 is 0 Å². The van der Waals surface area contributed by atoms with Gasteiger partial charge in [0.2, 0.25) is 0 Å². The molecule has 0 spiro atoms. The summed E-state index contributed by atoms with van der Waals surface area (Å²) in [6.45, 7) is 0.